The van der Waals surface area contributed by atoms with Crippen LogP contribution in [0, 0.1) is 0 Å². The molecule has 0 aliphatic heterocycles. The van der Waals surface area contributed by atoms with Crippen LogP contribution in [0.2, 0.25) is 0 Å². The number of hydrogen-bond acceptors (Lipinski definition) is 4. The van der Waals surface area contributed by atoms with Gasteiger partial charge in [0.1, 0.15) is 0 Å². The summed E-state index contributed by atoms with van der Waals surface area (Å²) in [6.45, 7) is 27.6. The molecule has 0 spiro atoms. The molecule has 0 bridgehead atoms. The fraction of sp³-hybridized carbons (Fsp3) is 1.00. The molecule has 0 amide bonds. The summed E-state index contributed by atoms with van der Waals surface area (Å²) in [6.07, 6.45) is 0. The van der Waals surface area contributed by atoms with E-state index < -0.39 is 18.2 Å². The van der Waals surface area contributed by atoms with Crippen LogP contribution >= 0.6 is 0 Å². The molecule has 21 heavy (non-hydrogen) atoms. The van der Waals surface area contributed by atoms with E-state index in [1.165, 1.54) is 0 Å². The normalized spacial score (nSPS) is 13.7. The Morgan fingerprint density at radius 2 is 0.857 bits per heavy atom. The summed E-state index contributed by atoms with van der Waals surface area (Å²) in [4.78, 5) is 0. The summed E-state index contributed by atoms with van der Waals surface area (Å²) in [5.41, 5.74) is 0.145. The van der Waals surface area contributed by atoms with Gasteiger partial charge in [0.2, 0.25) is 0 Å². The molecule has 0 rings (SSSR count). The summed E-state index contributed by atoms with van der Waals surface area (Å²) < 4.78 is 12.5. The number of nitrogens with one attached hydrogen (secondary N) is 1. The molecule has 5 heteroatoms. The van der Waals surface area contributed by atoms with Crippen molar-refractivity contribution in [2.75, 3.05) is 39.3 Å². The van der Waals surface area contributed by atoms with Crippen LogP contribution in [0.4, 0.5) is 0 Å². The summed E-state index contributed by atoms with van der Waals surface area (Å²) in [7, 11) is 0. The van der Waals surface area contributed by atoms with Crippen molar-refractivity contribution < 1.29 is 18.2 Å². The van der Waals surface area contributed by atoms with Crippen LogP contribution in [0.1, 0.15) is 62.3 Å². The van der Waals surface area contributed by atoms with Gasteiger partial charge in [0, 0.05) is 0 Å². The number of hydrogen-bond donors (Lipinski definition) is 1. The predicted molar refractivity (Wildman–Crippen MR) is 91.7 cm³/mol. The maximum atomic E-state index is 4.17. The first kappa shape index (κ1) is 21.6. The van der Waals surface area contributed by atoms with Crippen LogP contribution in [0.5, 0.6) is 0 Å². The minimum atomic E-state index is -3.09. The first-order chi connectivity index (χ1) is 9.77. The molecule has 0 fully saturated rings. The van der Waals surface area contributed by atoms with Gasteiger partial charge in [-0.15, -0.1) is 0 Å². The Kier molecular flexibility index (Phi) is 9.93. The van der Waals surface area contributed by atoms with Crippen LogP contribution in [0.15, 0.2) is 0 Å². The van der Waals surface area contributed by atoms with Gasteiger partial charge in [-0.2, -0.15) is 0 Å². The van der Waals surface area contributed by atoms with Crippen LogP contribution in [0.3, 0.4) is 0 Å². The molecular formula is C16H40N4Ta. The summed E-state index contributed by atoms with van der Waals surface area (Å²) >= 11 is -3.09. The van der Waals surface area contributed by atoms with Crippen molar-refractivity contribution >= 4 is 0 Å². The van der Waals surface area contributed by atoms with E-state index in [2.05, 4.69) is 75.9 Å². The van der Waals surface area contributed by atoms with Crippen LogP contribution in [-0.2, 0) is 18.2 Å². The van der Waals surface area contributed by atoms with Gasteiger partial charge in [-0.3, -0.25) is 0 Å². The van der Waals surface area contributed by atoms with Gasteiger partial charge in [-0.1, -0.05) is 0 Å². The Hall–Kier alpha value is 0.580. The number of nitrogens with zero attached hydrogens (tertiary/aromatic N) is 3. The molecule has 0 radical (unpaired) electrons. The average Bonchev–Trinajstić information content (AvgIpc) is 2.40. The van der Waals surface area contributed by atoms with Crippen molar-refractivity contribution in [3.8, 4) is 0 Å². The second kappa shape index (κ2) is 9.66. The van der Waals surface area contributed by atoms with Gasteiger partial charge in [0.25, 0.3) is 0 Å². The van der Waals surface area contributed by atoms with Gasteiger partial charge in [0.05, 0.1) is 0 Å². The van der Waals surface area contributed by atoms with E-state index in [1.54, 1.807) is 0 Å². The first-order valence-electron chi connectivity index (χ1n) is 8.71. The van der Waals surface area contributed by atoms with E-state index >= 15 is 0 Å². The predicted octanol–water partition coefficient (Wildman–Crippen LogP) is 3.21. The zero-order valence-electron chi connectivity index (χ0n) is 16.0. The third-order valence-corrected chi connectivity index (χ3v) is 21.9. The molecule has 0 aliphatic rings. The average molecular weight is 469 g/mol. The fourth-order valence-corrected chi connectivity index (χ4v) is 20.2. The summed E-state index contributed by atoms with van der Waals surface area (Å²) in [5.74, 6) is 0. The molecule has 0 saturated heterocycles. The molecule has 0 aromatic heterocycles. The van der Waals surface area contributed by atoms with Gasteiger partial charge in [0.15, 0.2) is 0 Å². The molecule has 0 aromatic carbocycles. The molecule has 0 saturated carbocycles. The van der Waals surface area contributed by atoms with Gasteiger partial charge >= 0.3 is 139 Å². The van der Waals surface area contributed by atoms with Gasteiger partial charge < -0.3 is 0 Å². The first-order valence-corrected chi connectivity index (χ1v) is 14.6. The Bertz CT molecular complexity index is 235. The number of rotatable bonds is 10. The molecule has 0 heterocycles. The molecule has 0 aromatic rings. The van der Waals surface area contributed by atoms with Crippen molar-refractivity contribution in [1.29, 1.82) is 0 Å². The van der Waals surface area contributed by atoms with Crippen molar-refractivity contribution in [3.05, 3.63) is 0 Å². The third-order valence-electron chi connectivity index (χ3n) is 3.86. The molecule has 0 unspecified atom stereocenters. The van der Waals surface area contributed by atoms with Gasteiger partial charge in [-0.25, -0.2) is 0 Å². The monoisotopic (exact) mass is 469 g/mol. The molecule has 1 N–H and O–H groups in total. The zero-order chi connectivity index (χ0) is 16.7. The molecule has 0 aliphatic carbocycles. The Labute approximate surface area is 139 Å². The van der Waals surface area contributed by atoms with Gasteiger partial charge in [-0.05, 0) is 0 Å². The molecular weight excluding hydrogens is 429 g/mol. The SMILES string of the molecule is CC[N](CC)[Ta]([NH]C(C)(C)C)([N](CC)CC)[N](CC)CC. The topological polar surface area (TPSA) is 21.8 Å². The van der Waals surface area contributed by atoms with E-state index in [-0.39, 0.29) is 5.54 Å². The van der Waals surface area contributed by atoms with Crippen LogP contribution in [0.25, 0.3) is 0 Å². The van der Waals surface area contributed by atoms with E-state index in [4.69, 9.17) is 0 Å². The van der Waals surface area contributed by atoms with Crippen molar-refractivity contribution in [2.24, 2.45) is 0 Å². The standard InChI is InChI=1S/4C4H10N.Ta/c1-4(2,3)5;3*1-3-5-4-2;/h5H,1-3H3;3*3-4H2,1-2H3;/q4*-1;+4. The zero-order valence-corrected chi connectivity index (χ0v) is 19.2. The van der Waals surface area contributed by atoms with Crippen molar-refractivity contribution in [2.45, 2.75) is 67.9 Å². The Morgan fingerprint density at radius 1 is 0.619 bits per heavy atom. The summed E-state index contributed by atoms with van der Waals surface area (Å²) in [5, 5.41) is 0. The van der Waals surface area contributed by atoms with Crippen molar-refractivity contribution in [3.63, 3.8) is 0 Å². The quantitative estimate of drug-likeness (QED) is 0.531. The summed E-state index contributed by atoms with van der Waals surface area (Å²) in [6, 6.07) is 0. The fourth-order valence-electron chi connectivity index (χ4n) is 3.05. The maximum absolute atomic E-state index is 4.17. The Morgan fingerprint density at radius 3 is 1.00 bits per heavy atom. The van der Waals surface area contributed by atoms with E-state index in [9.17, 15) is 0 Å². The van der Waals surface area contributed by atoms with E-state index in [0.717, 1.165) is 39.3 Å². The second-order valence-corrected chi connectivity index (χ2v) is 17.3. The molecule has 129 valence electrons. The van der Waals surface area contributed by atoms with Crippen molar-refractivity contribution in [1.82, 2.24) is 13.6 Å². The van der Waals surface area contributed by atoms with Crippen LogP contribution in [-0.4, -0.2) is 54.7 Å². The van der Waals surface area contributed by atoms with Crippen LogP contribution < -0.4 is 3.72 Å². The molecule has 0 atom stereocenters. The van der Waals surface area contributed by atoms with E-state index in [1.807, 2.05) is 0 Å². The van der Waals surface area contributed by atoms with E-state index in [0.29, 0.717) is 0 Å². The second-order valence-electron chi connectivity index (χ2n) is 6.35. The third kappa shape index (κ3) is 5.31. The Balaban J connectivity index is 6.03. The minimum absolute atomic E-state index is 0.145. The molecule has 4 nitrogen and oxygen atoms in total.